The molecular formula is C18H16N4O. The molecule has 0 fully saturated rings. The zero-order chi connectivity index (χ0) is 16.0. The zero-order valence-corrected chi connectivity index (χ0v) is 12.8. The van der Waals surface area contributed by atoms with Crippen LogP contribution in [-0.4, -0.2) is 27.1 Å². The molecular weight excluding hydrogens is 288 g/mol. The van der Waals surface area contributed by atoms with Crippen LogP contribution in [0.4, 0.5) is 5.69 Å². The summed E-state index contributed by atoms with van der Waals surface area (Å²) in [5.41, 5.74) is 4.70. The highest BCUT2D eigenvalue weighted by molar-refractivity contribution is 6.04. The summed E-state index contributed by atoms with van der Waals surface area (Å²) in [6.07, 6.45) is 3.96. The molecule has 0 spiro atoms. The minimum atomic E-state index is -0.0676. The lowest BCUT2D eigenvalue weighted by Gasteiger charge is -2.21. The van der Waals surface area contributed by atoms with Crippen molar-refractivity contribution < 1.29 is 4.79 Å². The van der Waals surface area contributed by atoms with Crippen LogP contribution in [0.2, 0.25) is 0 Å². The highest BCUT2D eigenvalue weighted by atomic mass is 16.2. The first-order valence-corrected chi connectivity index (χ1v) is 7.57. The van der Waals surface area contributed by atoms with Crippen LogP contribution in [0.15, 0.2) is 49.2 Å². The fourth-order valence-electron chi connectivity index (χ4n) is 3.26. The van der Waals surface area contributed by atoms with Gasteiger partial charge in [0, 0.05) is 28.9 Å². The van der Waals surface area contributed by atoms with Crippen molar-refractivity contribution in [3.8, 4) is 11.3 Å². The summed E-state index contributed by atoms with van der Waals surface area (Å²) in [5, 5.41) is 8.31. The number of aromatic nitrogens is 3. The molecule has 3 heterocycles. The Morgan fingerprint density at radius 1 is 1.43 bits per heavy atom. The standard InChI is InChI=1S/C18H16N4O/c1-3-16(23)22-11(2)9-12-6-7-13(10-15(12)22)17-14-5-4-8-19-18(14)21-20-17/h3-8,10-11H,1,9H2,2H3,(H,19,20,21). The second kappa shape index (κ2) is 5.05. The number of hydrogen-bond donors (Lipinski definition) is 1. The van der Waals surface area contributed by atoms with Crippen LogP contribution in [0.1, 0.15) is 12.5 Å². The molecule has 23 heavy (non-hydrogen) atoms. The normalized spacial score (nSPS) is 16.6. The van der Waals surface area contributed by atoms with Crippen LogP contribution < -0.4 is 4.90 Å². The average molecular weight is 304 g/mol. The molecule has 3 aromatic rings. The first-order chi connectivity index (χ1) is 11.2. The summed E-state index contributed by atoms with van der Waals surface area (Å²) in [5.74, 6) is -0.0676. The van der Waals surface area contributed by atoms with E-state index in [1.54, 1.807) is 11.1 Å². The number of carbonyl (C=O) groups is 1. The van der Waals surface area contributed by atoms with Crippen molar-refractivity contribution >= 4 is 22.6 Å². The summed E-state index contributed by atoms with van der Waals surface area (Å²) in [6, 6.07) is 10.2. The number of fused-ring (bicyclic) bond motifs is 2. The zero-order valence-electron chi connectivity index (χ0n) is 12.8. The third kappa shape index (κ3) is 2.04. The summed E-state index contributed by atoms with van der Waals surface area (Å²) < 4.78 is 0. The van der Waals surface area contributed by atoms with Crippen molar-refractivity contribution in [2.75, 3.05) is 4.90 Å². The minimum absolute atomic E-state index is 0.0676. The Labute approximate surface area is 133 Å². The number of nitrogens with one attached hydrogen (secondary N) is 1. The minimum Gasteiger partial charge on any atom is -0.305 e. The van der Waals surface area contributed by atoms with Gasteiger partial charge in [0.1, 0.15) is 5.69 Å². The lowest BCUT2D eigenvalue weighted by molar-refractivity contribution is -0.114. The van der Waals surface area contributed by atoms with Gasteiger partial charge >= 0.3 is 0 Å². The lowest BCUT2D eigenvalue weighted by Crippen LogP contribution is -2.34. The Bertz CT molecular complexity index is 928. The highest BCUT2D eigenvalue weighted by Gasteiger charge is 2.30. The van der Waals surface area contributed by atoms with E-state index in [1.807, 2.05) is 18.2 Å². The maximum Gasteiger partial charge on any atom is 0.250 e. The van der Waals surface area contributed by atoms with Gasteiger partial charge in [0.2, 0.25) is 0 Å². The topological polar surface area (TPSA) is 61.9 Å². The number of carbonyl (C=O) groups excluding carboxylic acids is 1. The van der Waals surface area contributed by atoms with Gasteiger partial charge in [0.15, 0.2) is 5.65 Å². The fraction of sp³-hybridized carbons (Fsp3) is 0.167. The van der Waals surface area contributed by atoms with Gasteiger partial charge in [0.05, 0.1) is 0 Å². The summed E-state index contributed by atoms with van der Waals surface area (Å²) in [4.78, 5) is 18.3. The third-order valence-electron chi connectivity index (χ3n) is 4.32. The van der Waals surface area contributed by atoms with E-state index in [2.05, 4.69) is 40.8 Å². The number of aromatic amines is 1. The molecule has 114 valence electrons. The number of pyridine rings is 1. The lowest BCUT2D eigenvalue weighted by atomic mass is 10.0. The Kier molecular flexibility index (Phi) is 3.01. The maximum atomic E-state index is 12.2. The van der Waals surface area contributed by atoms with Gasteiger partial charge in [-0.3, -0.25) is 9.89 Å². The first kappa shape index (κ1) is 13.7. The molecule has 0 aliphatic carbocycles. The number of nitrogens with zero attached hydrogens (tertiary/aromatic N) is 3. The largest absolute Gasteiger partial charge is 0.305 e. The fourth-order valence-corrected chi connectivity index (χ4v) is 3.26. The van der Waals surface area contributed by atoms with Crippen LogP contribution in [0.5, 0.6) is 0 Å². The van der Waals surface area contributed by atoms with Crippen LogP contribution in [0.25, 0.3) is 22.3 Å². The van der Waals surface area contributed by atoms with Crippen LogP contribution >= 0.6 is 0 Å². The number of benzene rings is 1. The SMILES string of the molecule is C=CC(=O)N1c2cc(-c3n[nH]c4ncccc34)ccc2CC1C. The van der Waals surface area contributed by atoms with Gasteiger partial charge in [-0.2, -0.15) is 5.10 Å². The van der Waals surface area contributed by atoms with E-state index in [9.17, 15) is 4.79 Å². The molecule has 0 saturated carbocycles. The summed E-state index contributed by atoms with van der Waals surface area (Å²) >= 11 is 0. The number of rotatable bonds is 2. The Morgan fingerprint density at radius 3 is 3.13 bits per heavy atom. The van der Waals surface area contributed by atoms with E-state index in [0.717, 1.165) is 34.4 Å². The molecule has 1 aliphatic heterocycles. The van der Waals surface area contributed by atoms with Gasteiger partial charge in [-0.1, -0.05) is 18.7 Å². The average Bonchev–Trinajstić information content (AvgIpc) is 3.13. The molecule has 1 aromatic carbocycles. The Balaban J connectivity index is 1.86. The van der Waals surface area contributed by atoms with Crippen LogP contribution in [-0.2, 0) is 11.2 Å². The molecule has 5 heteroatoms. The molecule has 2 aromatic heterocycles. The molecule has 1 unspecified atom stereocenters. The molecule has 5 nitrogen and oxygen atoms in total. The second-order valence-corrected chi connectivity index (χ2v) is 5.78. The smallest absolute Gasteiger partial charge is 0.250 e. The molecule has 1 N–H and O–H groups in total. The van der Waals surface area contributed by atoms with E-state index in [-0.39, 0.29) is 11.9 Å². The number of anilines is 1. The van der Waals surface area contributed by atoms with Crippen LogP contribution in [0, 0.1) is 0 Å². The monoisotopic (exact) mass is 304 g/mol. The van der Waals surface area contributed by atoms with E-state index < -0.39 is 0 Å². The Morgan fingerprint density at radius 2 is 2.30 bits per heavy atom. The molecule has 1 aliphatic rings. The van der Waals surface area contributed by atoms with Gasteiger partial charge in [0.25, 0.3) is 5.91 Å². The predicted octanol–water partition coefficient (Wildman–Crippen LogP) is 3.09. The first-order valence-electron chi connectivity index (χ1n) is 7.57. The molecule has 0 saturated heterocycles. The van der Waals surface area contributed by atoms with Crippen molar-refractivity contribution in [2.45, 2.75) is 19.4 Å². The van der Waals surface area contributed by atoms with E-state index in [1.165, 1.54) is 11.6 Å². The van der Waals surface area contributed by atoms with Crippen molar-refractivity contribution in [3.05, 3.63) is 54.7 Å². The second-order valence-electron chi connectivity index (χ2n) is 5.78. The van der Waals surface area contributed by atoms with Crippen molar-refractivity contribution in [1.29, 1.82) is 0 Å². The van der Waals surface area contributed by atoms with E-state index in [0.29, 0.717) is 0 Å². The van der Waals surface area contributed by atoms with E-state index in [4.69, 9.17) is 0 Å². The number of H-pyrrole nitrogens is 1. The molecule has 0 bridgehead atoms. The van der Waals surface area contributed by atoms with Gasteiger partial charge < -0.3 is 4.90 Å². The molecule has 4 rings (SSSR count). The quantitative estimate of drug-likeness (QED) is 0.740. The molecule has 1 atom stereocenters. The van der Waals surface area contributed by atoms with Crippen molar-refractivity contribution in [3.63, 3.8) is 0 Å². The van der Waals surface area contributed by atoms with E-state index >= 15 is 0 Å². The Hall–Kier alpha value is -2.95. The maximum absolute atomic E-state index is 12.2. The van der Waals surface area contributed by atoms with Gasteiger partial charge in [-0.25, -0.2) is 4.98 Å². The third-order valence-corrected chi connectivity index (χ3v) is 4.32. The summed E-state index contributed by atoms with van der Waals surface area (Å²) in [6.45, 7) is 5.66. The molecule has 1 amide bonds. The van der Waals surface area contributed by atoms with Gasteiger partial charge in [-0.05, 0) is 43.2 Å². The van der Waals surface area contributed by atoms with Crippen molar-refractivity contribution in [2.24, 2.45) is 0 Å². The van der Waals surface area contributed by atoms with Crippen LogP contribution in [0.3, 0.4) is 0 Å². The van der Waals surface area contributed by atoms with Crippen molar-refractivity contribution in [1.82, 2.24) is 15.2 Å². The predicted molar refractivity (Wildman–Crippen MR) is 90.2 cm³/mol. The number of hydrogen-bond acceptors (Lipinski definition) is 3. The summed E-state index contributed by atoms with van der Waals surface area (Å²) in [7, 11) is 0. The molecule has 0 radical (unpaired) electrons. The highest BCUT2D eigenvalue weighted by Crippen LogP contribution is 2.36. The van der Waals surface area contributed by atoms with Gasteiger partial charge in [-0.15, -0.1) is 0 Å². The number of amides is 1.